The van der Waals surface area contributed by atoms with Crippen molar-refractivity contribution in [2.75, 3.05) is 0 Å². The van der Waals surface area contributed by atoms with E-state index in [-0.39, 0.29) is 0 Å². The third-order valence-electron chi connectivity index (χ3n) is 1.41. The molecule has 2 nitrogen and oxygen atoms in total. The molecular weight excluding hydrogens is 184 g/mol. The van der Waals surface area contributed by atoms with Crippen molar-refractivity contribution in [1.82, 2.24) is 9.97 Å². The van der Waals surface area contributed by atoms with E-state index in [0.29, 0.717) is 5.41 Å². The van der Waals surface area contributed by atoms with Crippen LogP contribution in [0.1, 0.15) is 27.7 Å². The molecule has 2 heterocycles. The van der Waals surface area contributed by atoms with E-state index in [4.69, 9.17) is 0 Å². The van der Waals surface area contributed by atoms with Crippen LogP contribution in [0.4, 0.5) is 0 Å². The number of pyridine rings is 2. The highest BCUT2D eigenvalue weighted by Gasteiger charge is 1.95. The molecule has 0 saturated carbocycles. The van der Waals surface area contributed by atoms with E-state index in [2.05, 4.69) is 37.7 Å². The van der Waals surface area contributed by atoms with E-state index in [9.17, 15) is 0 Å². The molecule has 0 bridgehead atoms. The first-order valence-electron chi connectivity index (χ1n) is 5.11. The summed E-state index contributed by atoms with van der Waals surface area (Å²) in [5, 5.41) is 1.14. The Balaban J connectivity index is 0.000000195. The molecule has 0 amide bonds. The SMILES string of the molecule is CC(C)(C)C.c1cnc2cnccc2c1. The zero-order valence-corrected chi connectivity index (χ0v) is 9.86. The van der Waals surface area contributed by atoms with Crippen LogP contribution in [0.2, 0.25) is 0 Å². The van der Waals surface area contributed by atoms with Gasteiger partial charge in [-0.1, -0.05) is 33.8 Å². The van der Waals surface area contributed by atoms with Crippen LogP contribution in [0, 0.1) is 5.41 Å². The monoisotopic (exact) mass is 202 g/mol. The summed E-state index contributed by atoms with van der Waals surface area (Å²) in [5.41, 5.74) is 1.45. The molecule has 80 valence electrons. The van der Waals surface area contributed by atoms with Gasteiger partial charge in [0.2, 0.25) is 0 Å². The lowest BCUT2D eigenvalue weighted by Gasteiger charge is -2.05. The predicted octanol–water partition coefficient (Wildman–Crippen LogP) is 3.68. The average Bonchev–Trinajstić information content (AvgIpc) is 2.16. The summed E-state index contributed by atoms with van der Waals surface area (Å²) in [6.45, 7) is 8.75. The largest absolute Gasteiger partial charge is 0.262 e. The number of hydrogen-bond donors (Lipinski definition) is 0. The molecule has 0 saturated heterocycles. The Labute approximate surface area is 91.4 Å². The Morgan fingerprint density at radius 3 is 2.27 bits per heavy atom. The number of hydrogen-bond acceptors (Lipinski definition) is 2. The molecule has 2 aromatic heterocycles. The topological polar surface area (TPSA) is 25.8 Å². The van der Waals surface area contributed by atoms with Crippen LogP contribution in [-0.2, 0) is 0 Å². The second-order valence-corrected chi connectivity index (χ2v) is 5.07. The minimum atomic E-state index is 0.500. The molecule has 0 unspecified atom stereocenters. The van der Waals surface area contributed by atoms with Gasteiger partial charge in [0, 0.05) is 17.8 Å². The molecule has 0 spiro atoms. The smallest absolute Gasteiger partial charge is 0.0885 e. The van der Waals surface area contributed by atoms with E-state index in [1.807, 2.05) is 18.2 Å². The van der Waals surface area contributed by atoms with Crippen LogP contribution >= 0.6 is 0 Å². The van der Waals surface area contributed by atoms with Gasteiger partial charge in [-0.3, -0.25) is 9.97 Å². The summed E-state index contributed by atoms with van der Waals surface area (Å²) in [7, 11) is 0. The highest BCUT2D eigenvalue weighted by molar-refractivity contribution is 5.76. The average molecular weight is 202 g/mol. The minimum absolute atomic E-state index is 0.500. The van der Waals surface area contributed by atoms with E-state index in [1.165, 1.54) is 0 Å². The summed E-state index contributed by atoms with van der Waals surface area (Å²) in [4.78, 5) is 8.07. The fraction of sp³-hybridized carbons (Fsp3) is 0.385. The first-order chi connectivity index (χ1) is 6.97. The second kappa shape index (κ2) is 4.87. The summed E-state index contributed by atoms with van der Waals surface area (Å²) >= 11 is 0. The van der Waals surface area contributed by atoms with Gasteiger partial charge >= 0.3 is 0 Å². The van der Waals surface area contributed by atoms with E-state index in [1.54, 1.807) is 18.6 Å². The molecular formula is C13H18N2. The van der Waals surface area contributed by atoms with Crippen LogP contribution < -0.4 is 0 Å². The second-order valence-electron chi connectivity index (χ2n) is 5.07. The number of nitrogens with zero attached hydrogens (tertiary/aromatic N) is 2. The van der Waals surface area contributed by atoms with Crippen molar-refractivity contribution in [3.63, 3.8) is 0 Å². The van der Waals surface area contributed by atoms with Gasteiger partial charge in [0.1, 0.15) is 0 Å². The Morgan fingerprint density at radius 2 is 1.67 bits per heavy atom. The lowest BCUT2D eigenvalue weighted by atomic mass is 10.0. The van der Waals surface area contributed by atoms with Gasteiger partial charge < -0.3 is 0 Å². The van der Waals surface area contributed by atoms with Gasteiger partial charge in [0.15, 0.2) is 0 Å². The molecule has 2 heteroatoms. The molecule has 2 aromatic rings. The highest BCUT2D eigenvalue weighted by Crippen LogP contribution is 2.08. The summed E-state index contributed by atoms with van der Waals surface area (Å²) in [5.74, 6) is 0. The first-order valence-corrected chi connectivity index (χ1v) is 5.11. The van der Waals surface area contributed by atoms with Crippen LogP contribution in [0.15, 0.2) is 36.8 Å². The molecule has 0 radical (unpaired) electrons. The molecule has 0 atom stereocenters. The first kappa shape index (κ1) is 11.6. The molecule has 0 fully saturated rings. The van der Waals surface area contributed by atoms with Crippen LogP contribution in [-0.4, -0.2) is 9.97 Å². The van der Waals surface area contributed by atoms with Crippen molar-refractivity contribution in [3.8, 4) is 0 Å². The van der Waals surface area contributed by atoms with Gasteiger partial charge in [-0.25, -0.2) is 0 Å². The number of fused-ring (bicyclic) bond motifs is 1. The van der Waals surface area contributed by atoms with Crippen molar-refractivity contribution < 1.29 is 0 Å². The van der Waals surface area contributed by atoms with Gasteiger partial charge in [-0.2, -0.15) is 0 Å². The van der Waals surface area contributed by atoms with Crippen molar-refractivity contribution in [2.24, 2.45) is 5.41 Å². The van der Waals surface area contributed by atoms with Crippen molar-refractivity contribution >= 4 is 10.9 Å². The van der Waals surface area contributed by atoms with Crippen molar-refractivity contribution in [2.45, 2.75) is 27.7 Å². The maximum Gasteiger partial charge on any atom is 0.0885 e. The molecule has 2 rings (SSSR count). The lowest BCUT2D eigenvalue weighted by molar-refractivity contribution is 0.469. The lowest BCUT2D eigenvalue weighted by Crippen LogP contribution is -1.93. The minimum Gasteiger partial charge on any atom is -0.262 e. The van der Waals surface area contributed by atoms with Gasteiger partial charge in [0.25, 0.3) is 0 Å². The quantitative estimate of drug-likeness (QED) is 0.651. The molecule has 0 N–H and O–H groups in total. The molecule has 0 aliphatic heterocycles. The van der Waals surface area contributed by atoms with Gasteiger partial charge in [-0.15, -0.1) is 0 Å². The maximum atomic E-state index is 4.12. The maximum absolute atomic E-state index is 4.12. The fourth-order valence-corrected chi connectivity index (χ4v) is 0.916. The third-order valence-corrected chi connectivity index (χ3v) is 1.41. The van der Waals surface area contributed by atoms with E-state index in [0.717, 1.165) is 10.9 Å². The molecule has 0 aliphatic rings. The zero-order valence-electron chi connectivity index (χ0n) is 9.86. The normalized spacial score (nSPS) is 10.7. The predicted molar refractivity (Wildman–Crippen MR) is 64.7 cm³/mol. The standard InChI is InChI=1S/C8H6N2.C5H12/c1-2-7-3-5-9-6-8(7)10-4-1;1-5(2,3)4/h1-6H;1-4H3. The van der Waals surface area contributed by atoms with Crippen molar-refractivity contribution in [3.05, 3.63) is 36.8 Å². The summed E-state index contributed by atoms with van der Waals surface area (Å²) in [6, 6.07) is 5.88. The number of rotatable bonds is 0. The van der Waals surface area contributed by atoms with Crippen molar-refractivity contribution in [1.29, 1.82) is 0 Å². The van der Waals surface area contributed by atoms with Gasteiger partial charge in [0.05, 0.1) is 11.7 Å². The molecule has 0 aromatic carbocycles. The fourth-order valence-electron chi connectivity index (χ4n) is 0.916. The van der Waals surface area contributed by atoms with E-state index >= 15 is 0 Å². The third kappa shape index (κ3) is 5.11. The Hall–Kier alpha value is -1.44. The molecule has 15 heavy (non-hydrogen) atoms. The number of aromatic nitrogens is 2. The van der Waals surface area contributed by atoms with Crippen LogP contribution in [0.3, 0.4) is 0 Å². The van der Waals surface area contributed by atoms with E-state index < -0.39 is 0 Å². The van der Waals surface area contributed by atoms with Gasteiger partial charge in [-0.05, 0) is 17.5 Å². The zero-order chi connectivity index (χ0) is 11.3. The highest BCUT2D eigenvalue weighted by atomic mass is 14.7. The Morgan fingerprint density at radius 1 is 1.00 bits per heavy atom. The molecule has 0 aliphatic carbocycles. The summed E-state index contributed by atoms with van der Waals surface area (Å²) in [6.07, 6.45) is 5.30. The Kier molecular flexibility index (Phi) is 3.78. The van der Waals surface area contributed by atoms with Crippen LogP contribution in [0.25, 0.3) is 10.9 Å². The Bertz CT molecular complexity index is 345. The van der Waals surface area contributed by atoms with Crippen LogP contribution in [0.5, 0.6) is 0 Å². The summed E-state index contributed by atoms with van der Waals surface area (Å²) < 4.78 is 0.